The quantitative estimate of drug-likeness (QED) is 0.555. The lowest BCUT2D eigenvalue weighted by Gasteiger charge is -2.23. The molecule has 2 atom stereocenters. The molecule has 4 rings (SSSR count). The predicted molar refractivity (Wildman–Crippen MR) is 122 cm³/mol. The molecule has 9 heteroatoms. The number of esters is 1. The fraction of sp³-hybridized carbons (Fsp3) is 0.333. The van der Waals surface area contributed by atoms with Crippen LogP contribution in [0.15, 0.2) is 42.5 Å². The van der Waals surface area contributed by atoms with E-state index in [1.165, 1.54) is 13.8 Å². The highest BCUT2D eigenvalue weighted by atomic mass is 16.5. The standard InChI is InChI=1S/C24H26N4O5/c1-14(33-15(2)29)24(31)26-18-7-5-6-16(12-18)22-19-13-17(23(25)30)9-10-20(19)28(27-22)21-8-3-4-11-32-21/h5-7,9-10,12-14,21H,3-4,8,11H2,1-2H3,(H2,25,30)(H,26,31)/t14-,21?/m0/s1. The Kier molecular flexibility index (Phi) is 6.41. The van der Waals surface area contributed by atoms with Crippen LogP contribution in [0.25, 0.3) is 22.2 Å². The number of fused-ring (bicyclic) bond motifs is 1. The average Bonchev–Trinajstić information content (AvgIpc) is 3.18. The number of carbonyl (C=O) groups is 3. The van der Waals surface area contributed by atoms with Crippen molar-refractivity contribution in [1.82, 2.24) is 9.78 Å². The number of hydrogen-bond acceptors (Lipinski definition) is 6. The highest BCUT2D eigenvalue weighted by molar-refractivity contribution is 6.02. The van der Waals surface area contributed by atoms with E-state index < -0.39 is 23.9 Å². The van der Waals surface area contributed by atoms with Gasteiger partial charge in [0.1, 0.15) is 5.69 Å². The summed E-state index contributed by atoms with van der Waals surface area (Å²) < 4.78 is 12.7. The molecule has 2 amide bonds. The van der Waals surface area contributed by atoms with E-state index in [0.717, 1.165) is 35.7 Å². The van der Waals surface area contributed by atoms with Crippen molar-refractivity contribution in [2.45, 2.75) is 45.4 Å². The third-order valence-corrected chi connectivity index (χ3v) is 5.53. The third kappa shape index (κ3) is 4.88. The molecule has 0 spiro atoms. The molecule has 1 saturated heterocycles. The molecular formula is C24H26N4O5. The zero-order valence-corrected chi connectivity index (χ0v) is 18.5. The Bertz CT molecular complexity index is 1210. The van der Waals surface area contributed by atoms with E-state index in [0.29, 0.717) is 23.6 Å². The summed E-state index contributed by atoms with van der Waals surface area (Å²) in [7, 11) is 0. The van der Waals surface area contributed by atoms with Crippen LogP contribution < -0.4 is 11.1 Å². The van der Waals surface area contributed by atoms with Crippen molar-refractivity contribution in [1.29, 1.82) is 0 Å². The first-order chi connectivity index (χ1) is 15.8. The van der Waals surface area contributed by atoms with Crippen molar-refractivity contribution in [3.63, 3.8) is 0 Å². The van der Waals surface area contributed by atoms with Crippen LogP contribution in [0.5, 0.6) is 0 Å². The van der Waals surface area contributed by atoms with Gasteiger partial charge in [0.05, 0.1) is 5.52 Å². The zero-order chi connectivity index (χ0) is 23.5. The summed E-state index contributed by atoms with van der Waals surface area (Å²) in [6.07, 6.45) is 1.79. The number of ether oxygens (including phenoxy) is 2. The lowest BCUT2D eigenvalue weighted by Crippen LogP contribution is -2.29. The average molecular weight is 450 g/mol. The number of nitrogens with zero attached hydrogens (tertiary/aromatic N) is 2. The first kappa shape index (κ1) is 22.5. The number of hydrogen-bond donors (Lipinski definition) is 2. The molecule has 1 aromatic heterocycles. The Morgan fingerprint density at radius 2 is 2.03 bits per heavy atom. The summed E-state index contributed by atoms with van der Waals surface area (Å²) in [6.45, 7) is 3.43. The summed E-state index contributed by atoms with van der Waals surface area (Å²) >= 11 is 0. The minimum absolute atomic E-state index is 0.193. The number of amides is 2. The zero-order valence-electron chi connectivity index (χ0n) is 18.5. The molecule has 0 saturated carbocycles. The molecule has 3 aromatic rings. The number of carbonyl (C=O) groups excluding carboxylic acids is 3. The number of primary amides is 1. The van der Waals surface area contributed by atoms with E-state index in [4.69, 9.17) is 20.3 Å². The van der Waals surface area contributed by atoms with Crippen LogP contribution in [0.4, 0.5) is 5.69 Å². The Hall–Kier alpha value is -3.72. The number of nitrogens with one attached hydrogen (secondary N) is 1. The molecule has 0 aliphatic carbocycles. The Morgan fingerprint density at radius 3 is 2.73 bits per heavy atom. The van der Waals surface area contributed by atoms with Crippen molar-refractivity contribution in [3.05, 3.63) is 48.0 Å². The normalized spacial score (nSPS) is 16.8. The van der Waals surface area contributed by atoms with Gasteiger partial charge in [0.2, 0.25) is 5.91 Å². The van der Waals surface area contributed by atoms with Gasteiger partial charge in [-0.25, -0.2) is 4.68 Å². The van der Waals surface area contributed by atoms with Crippen LogP contribution in [0.3, 0.4) is 0 Å². The minimum Gasteiger partial charge on any atom is -0.453 e. The highest BCUT2D eigenvalue weighted by Crippen LogP contribution is 2.34. The van der Waals surface area contributed by atoms with Crippen LogP contribution in [0, 0.1) is 0 Å². The molecule has 2 heterocycles. The van der Waals surface area contributed by atoms with Gasteiger partial charge in [0, 0.05) is 35.7 Å². The smallest absolute Gasteiger partial charge is 0.303 e. The van der Waals surface area contributed by atoms with Gasteiger partial charge in [0.15, 0.2) is 12.3 Å². The van der Waals surface area contributed by atoms with Crippen molar-refractivity contribution in [3.8, 4) is 11.3 Å². The first-order valence-corrected chi connectivity index (χ1v) is 10.9. The van der Waals surface area contributed by atoms with Gasteiger partial charge in [-0.3, -0.25) is 14.4 Å². The van der Waals surface area contributed by atoms with E-state index in [-0.39, 0.29) is 6.23 Å². The highest BCUT2D eigenvalue weighted by Gasteiger charge is 2.23. The second-order valence-electron chi connectivity index (χ2n) is 8.03. The van der Waals surface area contributed by atoms with Crippen LogP contribution in [-0.2, 0) is 19.1 Å². The molecule has 0 radical (unpaired) electrons. The molecule has 1 aliphatic rings. The fourth-order valence-corrected chi connectivity index (χ4v) is 3.93. The predicted octanol–water partition coefficient (Wildman–Crippen LogP) is 3.39. The number of benzene rings is 2. The van der Waals surface area contributed by atoms with Gasteiger partial charge in [-0.2, -0.15) is 5.10 Å². The van der Waals surface area contributed by atoms with Gasteiger partial charge in [-0.05, 0) is 56.5 Å². The molecule has 2 aromatic carbocycles. The van der Waals surface area contributed by atoms with Crippen molar-refractivity contribution >= 4 is 34.4 Å². The molecule has 1 aliphatic heterocycles. The Morgan fingerprint density at radius 1 is 1.21 bits per heavy atom. The lowest BCUT2D eigenvalue weighted by atomic mass is 10.0. The van der Waals surface area contributed by atoms with Crippen LogP contribution >= 0.6 is 0 Å². The van der Waals surface area contributed by atoms with Crippen molar-refractivity contribution < 1.29 is 23.9 Å². The van der Waals surface area contributed by atoms with Gasteiger partial charge in [0.25, 0.3) is 5.91 Å². The minimum atomic E-state index is -0.923. The Balaban J connectivity index is 1.73. The van der Waals surface area contributed by atoms with Gasteiger partial charge in [-0.1, -0.05) is 12.1 Å². The maximum absolute atomic E-state index is 12.4. The number of nitrogens with two attached hydrogens (primary N) is 1. The second kappa shape index (κ2) is 9.41. The first-order valence-electron chi connectivity index (χ1n) is 10.9. The van der Waals surface area contributed by atoms with Gasteiger partial charge in [-0.15, -0.1) is 0 Å². The number of rotatable bonds is 6. The molecule has 1 fully saturated rings. The van der Waals surface area contributed by atoms with E-state index in [2.05, 4.69) is 5.32 Å². The summed E-state index contributed by atoms with van der Waals surface area (Å²) in [5.74, 6) is -1.49. The molecule has 1 unspecified atom stereocenters. The van der Waals surface area contributed by atoms with Gasteiger partial charge >= 0.3 is 5.97 Å². The Labute approximate surface area is 190 Å². The topological polar surface area (TPSA) is 126 Å². The van der Waals surface area contributed by atoms with Crippen molar-refractivity contribution in [2.24, 2.45) is 5.73 Å². The van der Waals surface area contributed by atoms with E-state index in [9.17, 15) is 14.4 Å². The maximum atomic E-state index is 12.4. The molecule has 3 N–H and O–H groups in total. The number of aromatic nitrogens is 2. The number of anilines is 1. The maximum Gasteiger partial charge on any atom is 0.303 e. The van der Waals surface area contributed by atoms with Crippen LogP contribution in [0.1, 0.15) is 49.7 Å². The van der Waals surface area contributed by atoms with E-state index in [1.807, 2.05) is 16.8 Å². The van der Waals surface area contributed by atoms with Crippen molar-refractivity contribution in [2.75, 3.05) is 11.9 Å². The SMILES string of the molecule is CC(=O)O[C@@H](C)C(=O)Nc1cccc(-c2nn(C3CCCCO3)c3ccc(C(N)=O)cc23)c1. The van der Waals surface area contributed by atoms with E-state index in [1.54, 1.807) is 30.3 Å². The second-order valence-corrected chi connectivity index (χ2v) is 8.03. The van der Waals surface area contributed by atoms with Crippen LogP contribution in [0.2, 0.25) is 0 Å². The molecule has 0 bridgehead atoms. The third-order valence-electron chi connectivity index (χ3n) is 5.53. The lowest BCUT2D eigenvalue weighted by molar-refractivity contribution is -0.150. The fourth-order valence-electron chi connectivity index (χ4n) is 3.93. The summed E-state index contributed by atoms with van der Waals surface area (Å²) in [4.78, 5) is 35.3. The molecule has 33 heavy (non-hydrogen) atoms. The summed E-state index contributed by atoms with van der Waals surface area (Å²) in [5.41, 5.74) is 8.64. The monoisotopic (exact) mass is 450 g/mol. The van der Waals surface area contributed by atoms with Gasteiger partial charge < -0.3 is 20.5 Å². The molecular weight excluding hydrogens is 424 g/mol. The summed E-state index contributed by atoms with van der Waals surface area (Å²) in [6, 6.07) is 12.4. The van der Waals surface area contributed by atoms with E-state index >= 15 is 0 Å². The molecule has 172 valence electrons. The van der Waals surface area contributed by atoms with Crippen LogP contribution in [-0.4, -0.2) is 40.3 Å². The molecule has 9 nitrogen and oxygen atoms in total. The summed E-state index contributed by atoms with van der Waals surface area (Å²) in [5, 5.41) is 8.35. The largest absolute Gasteiger partial charge is 0.453 e.